The quantitative estimate of drug-likeness (QED) is 0.0897. The van der Waals surface area contributed by atoms with Crippen molar-refractivity contribution in [1.29, 1.82) is 0 Å². The molecule has 38 heavy (non-hydrogen) atoms. The SMILES string of the molecule is O=c1c2ccccc2c(=O)c2c1ccc1[nH]c3c(ccc4c(=O)c5c(Cl)c(Cl)c(Cl)c(Cl)c5c(=O)c43)[nH]c12. The van der Waals surface area contributed by atoms with Gasteiger partial charge in [-0.2, -0.15) is 0 Å². The molecule has 0 aliphatic carbocycles. The molecule has 0 atom stereocenters. The standard InChI is InChI=1S/C28H10Cl4N2O4/c29-19-17-18(20(30)22(32)21(19)31)28(38)16-12(27(17)37)6-8-14-24(16)34-13-7-5-11-15(23(13)33-14)26(36)10-4-2-1-3-9(10)25(11)35/h1-8,33-34H. The summed E-state index contributed by atoms with van der Waals surface area (Å²) < 4.78 is 0. The normalized spacial score (nSPS) is 12.1. The zero-order valence-corrected chi connectivity index (χ0v) is 21.8. The van der Waals surface area contributed by atoms with E-state index in [0.717, 1.165) is 0 Å². The first kappa shape index (κ1) is 23.4. The average molecular weight is 580 g/mol. The number of fused-ring (bicyclic) bond motifs is 8. The number of nitrogens with one attached hydrogen (secondary N) is 2. The summed E-state index contributed by atoms with van der Waals surface area (Å²) >= 11 is 25.1. The third-order valence-corrected chi connectivity index (χ3v) is 8.81. The van der Waals surface area contributed by atoms with E-state index in [1.807, 2.05) is 0 Å². The molecule has 0 saturated heterocycles. The molecule has 0 bridgehead atoms. The number of hydrogen-bond acceptors (Lipinski definition) is 4. The van der Waals surface area contributed by atoms with Crippen LogP contribution in [0.3, 0.4) is 0 Å². The van der Waals surface area contributed by atoms with Gasteiger partial charge in [0.1, 0.15) is 0 Å². The van der Waals surface area contributed by atoms with Gasteiger partial charge in [-0.1, -0.05) is 70.7 Å². The maximum atomic E-state index is 13.8. The zero-order chi connectivity index (χ0) is 26.6. The van der Waals surface area contributed by atoms with Crippen molar-refractivity contribution in [3.05, 3.63) is 110 Å². The second-order valence-corrected chi connectivity index (χ2v) is 10.5. The zero-order valence-electron chi connectivity index (χ0n) is 18.8. The van der Waals surface area contributed by atoms with Crippen LogP contribution < -0.4 is 21.7 Å². The van der Waals surface area contributed by atoms with Gasteiger partial charge >= 0.3 is 0 Å². The molecule has 0 aliphatic heterocycles. The Morgan fingerprint density at radius 3 is 1.39 bits per heavy atom. The molecule has 1 aromatic heterocycles. The predicted octanol–water partition coefficient (Wildman–Crippen LogP) is 6.75. The van der Waals surface area contributed by atoms with E-state index in [9.17, 15) is 19.2 Å². The van der Waals surface area contributed by atoms with Crippen molar-refractivity contribution in [3.8, 4) is 0 Å². The van der Waals surface area contributed by atoms with Crippen LogP contribution >= 0.6 is 46.4 Å². The molecule has 6 aromatic carbocycles. The Morgan fingerprint density at radius 1 is 0.421 bits per heavy atom. The number of rotatable bonds is 0. The highest BCUT2D eigenvalue weighted by atomic mass is 35.5. The number of H-pyrrole nitrogens is 2. The highest BCUT2D eigenvalue weighted by Gasteiger charge is 2.23. The Hall–Kier alpha value is -3.68. The largest absolute Gasteiger partial charge is 0.351 e. The van der Waals surface area contributed by atoms with Crippen molar-refractivity contribution in [2.45, 2.75) is 0 Å². The van der Waals surface area contributed by atoms with E-state index in [2.05, 4.69) is 9.97 Å². The first-order valence-corrected chi connectivity index (χ1v) is 12.7. The second-order valence-electron chi connectivity index (χ2n) is 8.94. The molecule has 0 fully saturated rings. The van der Waals surface area contributed by atoms with Gasteiger partial charge in [-0.25, -0.2) is 0 Å². The van der Waals surface area contributed by atoms with E-state index in [-0.39, 0.29) is 63.3 Å². The van der Waals surface area contributed by atoms with E-state index in [1.165, 1.54) is 6.07 Å². The lowest BCUT2D eigenvalue weighted by Gasteiger charge is -2.12. The molecule has 0 aliphatic rings. The smallest absolute Gasteiger partial charge is 0.198 e. The van der Waals surface area contributed by atoms with Crippen LogP contribution in [0.1, 0.15) is 0 Å². The summed E-state index contributed by atoms with van der Waals surface area (Å²) in [5.41, 5.74) is -0.0523. The Bertz CT molecular complexity index is 2490. The number of hydrogen-bond donors (Lipinski definition) is 2. The molecule has 7 rings (SSSR count). The summed E-state index contributed by atoms with van der Waals surface area (Å²) in [6, 6.07) is 13.0. The third-order valence-electron chi connectivity index (χ3n) is 7.01. The van der Waals surface area contributed by atoms with Gasteiger partial charge in [0.25, 0.3) is 0 Å². The van der Waals surface area contributed by atoms with Gasteiger partial charge in [0, 0.05) is 21.5 Å². The minimum atomic E-state index is -0.562. The Kier molecular flexibility index (Phi) is 4.88. The Morgan fingerprint density at radius 2 is 0.842 bits per heavy atom. The summed E-state index contributed by atoms with van der Waals surface area (Å²) in [5, 5.41) is 0.545. The van der Waals surface area contributed by atoms with Gasteiger partial charge in [0.05, 0.1) is 63.7 Å². The van der Waals surface area contributed by atoms with Gasteiger partial charge < -0.3 is 9.97 Å². The van der Waals surface area contributed by atoms with Crippen LogP contribution in [0.2, 0.25) is 20.1 Å². The van der Waals surface area contributed by atoms with Crippen molar-refractivity contribution >= 4 is 112 Å². The van der Waals surface area contributed by atoms with Gasteiger partial charge in [-0.15, -0.1) is 0 Å². The van der Waals surface area contributed by atoms with Crippen molar-refractivity contribution < 1.29 is 0 Å². The summed E-state index contributed by atoms with van der Waals surface area (Å²) in [6.45, 7) is 0. The second kappa shape index (κ2) is 7.91. The maximum absolute atomic E-state index is 13.8. The van der Waals surface area contributed by atoms with Crippen molar-refractivity contribution in [2.24, 2.45) is 0 Å². The van der Waals surface area contributed by atoms with Crippen LogP contribution in [0.15, 0.2) is 67.7 Å². The van der Waals surface area contributed by atoms with Crippen LogP contribution in [0.25, 0.3) is 65.2 Å². The molecule has 10 heteroatoms. The summed E-state index contributed by atoms with van der Waals surface area (Å²) in [6.07, 6.45) is 0. The average Bonchev–Trinajstić information content (AvgIpc) is 2.93. The van der Waals surface area contributed by atoms with Crippen LogP contribution in [-0.4, -0.2) is 9.97 Å². The van der Waals surface area contributed by atoms with Gasteiger partial charge in [-0.3, -0.25) is 19.2 Å². The lowest BCUT2D eigenvalue weighted by atomic mass is 9.99. The minimum Gasteiger partial charge on any atom is -0.351 e. The molecule has 7 aromatic rings. The Balaban J connectivity index is 1.71. The van der Waals surface area contributed by atoms with E-state index in [0.29, 0.717) is 32.8 Å². The topological polar surface area (TPSA) is 99.9 Å². The summed E-state index contributed by atoms with van der Waals surface area (Å²) in [5.74, 6) is 0. The van der Waals surface area contributed by atoms with Crippen LogP contribution in [0.4, 0.5) is 0 Å². The molecule has 6 nitrogen and oxygen atoms in total. The number of benzene rings is 6. The van der Waals surface area contributed by atoms with Crippen LogP contribution in [0, 0.1) is 0 Å². The molecule has 2 N–H and O–H groups in total. The van der Waals surface area contributed by atoms with Crippen LogP contribution in [0.5, 0.6) is 0 Å². The number of aromatic amines is 2. The lowest BCUT2D eigenvalue weighted by Crippen LogP contribution is -2.15. The molecule has 0 radical (unpaired) electrons. The van der Waals surface area contributed by atoms with E-state index in [4.69, 9.17) is 46.4 Å². The van der Waals surface area contributed by atoms with Crippen LogP contribution in [-0.2, 0) is 0 Å². The molecule has 0 saturated carbocycles. The molecule has 0 amide bonds. The number of halogens is 4. The third kappa shape index (κ3) is 2.86. The highest BCUT2D eigenvalue weighted by Crippen LogP contribution is 2.41. The maximum Gasteiger partial charge on any atom is 0.198 e. The van der Waals surface area contributed by atoms with E-state index < -0.39 is 10.9 Å². The fourth-order valence-electron chi connectivity index (χ4n) is 5.27. The predicted molar refractivity (Wildman–Crippen MR) is 156 cm³/mol. The summed E-state index contributed by atoms with van der Waals surface area (Å²) in [4.78, 5) is 60.3. The molecule has 0 unspecified atom stereocenters. The molecule has 1 heterocycles. The first-order chi connectivity index (χ1) is 18.2. The van der Waals surface area contributed by atoms with E-state index in [1.54, 1.807) is 42.5 Å². The molecule has 184 valence electrons. The van der Waals surface area contributed by atoms with Gasteiger partial charge in [-0.05, 0) is 24.3 Å². The van der Waals surface area contributed by atoms with Crippen molar-refractivity contribution in [2.75, 3.05) is 0 Å². The Labute approximate surface area is 230 Å². The fourth-order valence-corrected chi connectivity index (χ4v) is 6.29. The monoisotopic (exact) mass is 578 g/mol. The molecular weight excluding hydrogens is 570 g/mol. The van der Waals surface area contributed by atoms with Crippen molar-refractivity contribution in [1.82, 2.24) is 9.97 Å². The van der Waals surface area contributed by atoms with E-state index >= 15 is 0 Å². The molecule has 0 spiro atoms. The summed E-state index contributed by atoms with van der Waals surface area (Å²) in [7, 11) is 0. The lowest BCUT2D eigenvalue weighted by molar-refractivity contribution is 1.41. The van der Waals surface area contributed by atoms with Gasteiger partial charge in [0.2, 0.25) is 0 Å². The highest BCUT2D eigenvalue weighted by molar-refractivity contribution is 6.55. The molecular formula is C28H10Cl4N2O4. The van der Waals surface area contributed by atoms with Crippen molar-refractivity contribution in [3.63, 3.8) is 0 Å². The fraction of sp³-hybridized carbons (Fsp3) is 0. The minimum absolute atomic E-state index is 0.0694. The first-order valence-electron chi connectivity index (χ1n) is 11.2. The van der Waals surface area contributed by atoms with Gasteiger partial charge in [0.15, 0.2) is 21.7 Å². The number of aromatic nitrogens is 2.